The summed E-state index contributed by atoms with van der Waals surface area (Å²) >= 11 is 0. The number of hydrogen-bond donors (Lipinski definition) is 1. The summed E-state index contributed by atoms with van der Waals surface area (Å²) in [6, 6.07) is 13.2. The van der Waals surface area contributed by atoms with Gasteiger partial charge in [0.2, 0.25) is 10.0 Å². The molecule has 1 aliphatic heterocycles. The van der Waals surface area contributed by atoms with Crippen molar-refractivity contribution in [2.24, 2.45) is 0 Å². The second kappa shape index (κ2) is 7.35. The van der Waals surface area contributed by atoms with Crippen LogP contribution in [-0.4, -0.2) is 28.6 Å². The first-order chi connectivity index (χ1) is 12.0. The van der Waals surface area contributed by atoms with Gasteiger partial charge < -0.3 is 9.64 Å². The lowest BCUT2D eigenvalue weighted by Crippen LogP contribution is -2.19. The number of nitrogens with zero attached hydrogens (tertiary/aromatic N) is 1. The number of anilines is 2. The van der Waals surface area contributed by atoms with Crippen LogP contribution < -0.4 is 14.4 Å². The molecule has 3 rings (SSSR count). The minimum atomic E-state index is -3.53. The van der Waals surface area contributed by atoms with Crippen LogP contribution in [0.25, 0.3) is 0 Å². The SMILES string of the molecule is COc1ccc(N2CCCC2)cc1NS(=O)(=O)Cc1ccccc1C. The van der Waals surface area contributed by atoms with Crippen molar-refractivity contribution < 1.29 is 13.2 Å². The van der Waals surface area contributed by atoms with Gasteiger partial charge in [0.05, 0.1) is 18.6 Å². The Morgan fingerprint density at radius 3 is 2.52 bits per heavy atom. The minimum Gasteiger partial charge on any atom is -0.495 e. The lowest BCUT2D eigenvalue weighted by molar-refractivity contribution is 0.417. The Kier molecular flexibility index (Phi) is 5.18. The molecule has 25 heavy (non-hydrogen) atoms. The fourth-order valence-corrected chi connectivity index (χ4v) is 4.43. The minimum absolute atomic E-state index is 0.0588. The van der Waals surface area contributed by atoms with Crippen molar-refractivity contribution in [2.75, 3.05) is 29.8 Å². The Bertz CT molecular complexity index is 843. The molecule has 1 saturated heterocycles. The molecule has 1 heterocycles. The van der Waals surface area contributed by atoms with Crippen LogP contribution in [0.3, 0.4) is 0 Å². The molecule has 0 aliphatic carbocycles. The smallest absolute Gasteiger partial charge is 0.237 e. The second-order valence-corrected chi connectivity index (χ2v) is 8.09. The van der Waals surface area contributed by atoms with Gasteiger partial charge >= 0.3 is 0 Å². The van der Waals surface area contributed by atoms with Gasteiger partial charge in [0, 0.05) is 18.8 Å². The molecule has 1 fully saturated rings. The van der Waals surface area contributed by atoms with Gasteiger partial charge in [0.1, 0.15) is 5.75 Å². The summed E-state index contributed by atoms with van der Waals surface area (Å²) in [5.74, 6) is 0.466. The zero-order valence-corrected chi connectivity index (χ0v) is 15.5. The molecule has 5 nitrogen and oxygen atoms in total. The highest BCUT2D eigenvalue weighted by atomic mass is 32.2. The Morgan fingerprint density at radius 1 is 1.12 bits per heavy atom. The third-order valence-electron chi connectivity index (χ3n) is 4.53. The van der Waals surface area contributed by atoms with Crippen LogP contribution in [0.2, 0.25) is 0 Å². The number of nitrogens with one attached hydrogen (secondary N) is 1. The van der Waals surface area contributed by atoms with Gasteiger partial charge in [0.25, 0.3) is 0 Å². The highest BCUT2D eigenvalue weighted by molar-refractivity contribution is 7.91. The summed E-state index contributed by atoms with van der Waals surface area (Å²) in [4.78, 5) is 2.26. The second-order valence-electron chi connectivity index (χ2n) is 6.37. The summed E-state index contributed by atoms with van der Waals surface area (Å²) in [6.45, 7) is 3.92. The summed E-state index contributed by atoms with van der Waals surface area (Å²) < 4.78 is 33.3. The van der Waals surface area contributed by atoms with Crippen LogP contribution >= 0.6 is 0 Å². The van der Waals surface area contributed by atoms with E-state index in [9.17, 15) is 8.42 Å². The molecule has 0 saturated carbocycles. The van der Waals surface area contributed by atoms with Crippen LogP contribution in [0.15, 0.2) is 42.5 Å². The first kappa shape index (κ1) is 17.6. The predicted molar refractivity (Wildman–Crippen MR) is 102 cm³/mol. The normalized spacial score (nSPS) is 14.6. The molecule has 2 aromatic carbocycles. The molecule has 2 aromatic rings. The standard InChI is InChI=1S/C19H24N2O3S/c1-15-7-3-4-8-16(15)14-25(22,23)20-18-13-17(9-10-19(18)24-2)21-11-5-6-12-21/h3-4,7-10,13,20H,5-6,11-12,14H2,1-2H3. The molecule has 0 amide bonds. The molecule has 0 bridgehead atoms. The van der Waals surface area contributed by atoms with E-state index in [-0.39, 0.29) is 5.75 Å². The summed E-state index contributed by atoms with van der Waals surface area (Å²) in [6.07, 6.45) is 2.33. The monoisotopic (exact) mass is 360 g/mol. The highest BCUT2D eigenvalue weighted by Gasteiger charge is 2.18. The van der Waals surface area contributed by atoms with Crippen molar-refractivity contribution in [3.8, 4) is 5.75 Å². The summed E-state index contributed by atoms with van der Waals surface area (Å²) in [5.41, 5.74) is 3.27. The van der Waals surface area contributed by atoms with Crippen LogP contribution in [0.4, 0.5) is 11.4 Å². The number of aryl methyl sites for hydroxylation is 1. The van der Waals surface area contributed by atoms with Gasteiger partial charge in [-0.3, -0.25) is 4.72 Å². The molecule has 0 spiro atoms. The van der Waals surface area contributed by atoms with Crippen molar-refractivity contribution in [2.45, 2.75) is 25.5 Å². The van der Waals surface area contributed by atoms with Crippen LogP contribution in [0, 0.1) is 6.92 Å². The molecular weight excluding hydrogens is 336 g/mol. The van der Waals surface area contributed by atoms with Crippen LogP contribution in [0.1, 0.15) is 24.0 Å². The van der Waals surface area contributed by atoms with Crippen molar-refractivity contribution in [1.82, 2.24) is 0 Å². The van der Waals surface area contributed by atoms with E-state index in [0.29, 0.717) is 11.4 Å². The number of hydrogen-bond acceptors (Lipinski definition) is 4. The van der Waals surface area contributed by atoms with Crippen molar-refractivity contribution >= 4 is 21.4 Å². The number of benzene rings is 2. The molecule has 134 valence electrons. The topological polar surface area (TPSA) is 58.6 Å². The first-order valence-electron chi connectivity index (χ1n) is 8.46. The molecule has 1 aliphatic rings. The number of ether oxygens (including phenoxy) is 1. The molecule has 6 heteroatoms. The summed E-state index contributed by atoms with van der Waals surface area (Å²) in [7, 11) is -1.99. The van der Waals surface area contributed by atoms with Crippen LogP contribution in [0.5, 0.6) is 5.75 Å². The van der Waals surface area contributed by atoms with E-state index in [1.807, 2.05) is 49.4 Å². The molecule has 0 radical (unpaired) electrons. The quantitative estimate of drug-likeness (QED) is 0.856. The van der Waals surface area contributed by atoms with E-state index < -0.39 is 10.0 Å². The molecule has 1 N–H and O–H groups in total. The van der Waals surface area contributed by atoms with Gasteiger partial charge in [-0.25, -0.2) is 8.42 Å². The Hall–Kier alpha value is -2.21. The number of sulfonamides is 1. The van der Waals surface area contributed by atoms with Gasteiger partial charge in [-0.1, -0.05) is 24.3 Å². The maximum absolute atomic E-state index is 12.6. The van der Waals surface area contributed by atoms with Gasteiger partial charge in [-0.15, -0.1) is 0 Å². The lowest BCUT2D eigenvalue weighted by Gasteiger charge is -2.20. The van der Waals surface area contributed by atoms with Crippen molar-refractivity contribution in [3.63, 3.8) is 0 Å². The van der Waals surface area contributed by atoms with Gasteiger partial charge in [-0.2, -0.15) is 0 Å². The first-order valence-corrected chi connectivity index (χ1v) is 10.1. The Balaban J connectivity index is 1.85. The lowest BCUT2D eigenvalue weighted by atomic mass is 10.1. The van der Waals surface area contributed by atoms with Crippen LogP contribution in [-0.2, 0) is 15.8 Å². The van der Waals surface area contributed by atoms with E-state index in [1.165, 1.54) is 12.8 Å². The van der Waals surface area contributed by atoms with Crippen molar-refractivity contribution in [3.05, 3.63) is 53.6 Å². The molecule has 0 aromatic heterocycles. The van der Waals surface area contributed by atoms with E-state index in [0.717, 1.165) is 29.9 Å². The molecule has 0 atom stereocenters. The van der Waals surface area contributed by atoms with Gasteiger partial charge in [-0.05, 0) is 49.1 Å². The van der Waals surface area contributed by atoms with E-state index in [1.54, 1.807) is 7.11 Å². The zero-order chi connectivity index (χ0) is 17.9. The van der Waals surface area contributed by atoms with E-state index in [2.05, 4.69) is 9.62 Å². The van der Waals surface area contributed by atoms with Gasteiger partial charge in [0.15, 0.2) is 0 Å². The maximum Gasteiger partial charge on any atom is 0.237 e. The average Bonchev–Trinajstić information content (AvgIpc) is 3.11. The molecular formula is C19H24N2O3S. The third kappa shape index (κ3) is 4.25. The zero-order valence-electron chi connectivity index (χ0n) is 14.7. The third-order valence-corrected chi connectivity index (χ3v) is 5.75. The Morgan fingerprint density at radius 2 is 1.84 bits per heavy atom. The molecule has 0 unspecified atom stereocenters. The van der Waals surface area contributed by atoms with E-state index in [4.69, 9.17) is 4.74 Å². The maximum atomic E-state index is 12.6. The highest BCUT2D eigenvalue weighted by Crippen LogP contribution is 2.32. The largest absolute Gasteiger partial charge is 0.495 e. The fraction of sp³-hybridized carbons (Fsp3) is 0.368. The fourth-order valence-electron chi connectivity index (χ4n) is 3.13. The van der Waals surface area contributed by atoms with Crippen molar-refractivity contribution in [1.29, 1.82) is 0 Å². The summed E-state index contributed by atoms with van der Waals surface area (Å²) in [5, 5.41) is 0. The average molecular weight is 360 g/mol. The van der Waals surface area contributed by atoms with E-state index >= 15 is 0 Å². The Labute approximate surface area is 149 Å². The number of rotatable bonds is 6. The number of methoxy groups -OCH3 is 1. The predicted octanol–water partition coefficient (Wildman–Crippen LogP) is 3.55.